The normalized spacial score (nSPS) is 26.8. The molecule has 0 spiro atoms. The van der Waals surface area contributed by atoms with Crippen LogP contribution >= 0.6 is 11.3 Å². The van der Waals surface area contributed by atoms with Gasteiger partial charge < -0.3 is 9.32 Å². The molecule has 0 aromatic carbocycles. The second-order valence-electron chi connectivity index (χ2n) is 6.15. The maximum Gasteiger partial charge on any atom is 0.242 e. The molecular weight excluding hydrogens is 300 g/mol. The predicted molar refractivity (Wildman–Crippen MR) is 80.3 cm³/mol. The summed E-state index contributed by atoms with van der Waals surface area (Å²) in [6.07, 6.45) is 3.41. The summed E-state index contributed by atoms with van der Waals surface area (Å²) in [6.45, 7) is 4.52. The van der Waals surface area contributed by atoms with E-state index in [0.29, 0.717) is 24.1 Å². The minimum Gasteiger partial charge on any atom is -0.423 e. The average Bonchev–Trinajstić information content (AvgIpc) is 3.11. The molecule has 7 heteroatoms. The molecule has 2 fully saturated rings. The van der Waals surface area contributed by atoms with E-state index in [1.807, 2.05) is 17.2 Å². The fourth-order valence-corrected chi connectivity index (χ4v) is 4.41. The highest BCUT2D eigenvalue weighted by Crippen LogP contribution is 2.56. The van der Waals surface area contributed by atoms with Crippen LogP contribution in [0, 0.1) is 19.8 Å². The number of carbonyl (C=O) groups is 1. The number of likely N-dealkylation sites (tertiary alicyclic amines) is 1. The molecule has 1 saturated carbocycles. The topological polar surface area (TPSA) is 72.1 Å². The Bertz CT molecular complexity index is 725. The first-order valence-corrected chi connectivity index (χ1v) is 8.49. The molecule has 0 N–H and O–H groups in total. The van der Waals surface area contributed by atoms with Crippen molar-refractivity contribution in [3.8, 4) is 0 Å². The number of aryl methyl sites for hydroxylation is 2. The molecule has 2 aromatic heterocycles. The van der Waals surface area contributed by atoms with E-state index in [-0.39, 0.29) is 11.4 Å². The molecule has 3 heterocycles. The molecule has 0 radical (unpaired) electrons. The van der Waals surface area contributed by atoms with E-state index in [2.05, 4.69) is 15.2 Å². The van der Waals surface area contributed by atoms with Crippen molar-refractivity contribution in [2.45, 2.75) is 45.1 Å². The van der Waals surface area contributed by atoms with Gasteiger partial charge in [-0.05, 0) is 32.1 Å². The number of amides is 1. The van der Waals surface area contributed by atoms with Crippen LogP contribution in [-0.2, 0) is 16.8 Å². The van der Waals surface area contributed by atoms with Gasteiger partial charge in [0.05, 0.1) is 17.1 Å². The lowest BCUT2D eigenvalue weighted by atomic mass is 9.67. The number of hydrogen-bond acceptors (Lipinski definition) is 6. The zero-order valence-electron chi connectivity index (χ0n) is 12.7. The fraction of sp³-hybridized carbons (Fsp3) is 0.600. The summed E-state index contributed by atoms with van der Waals surface area (Å²) >= 11 is 1.58. The van der Waals surface area contributed by atoms with Crippen molar-refractivity contribution in [2.24, 2.45) is 5.92 Å². The third kappa shape index (κ3) is 1.91. The molecule has 2 aliphatic rings. The van der Waals surface area contributed by atoms with Crippen LogP contribution in [0.3, 0.4) is 0 Å². The predicted octanol–water partition coefficient (Wildman–Crippen LogP) is 2.22. The lowest BCUT2D eigenvalue weighted by molar-refractivity contribution is -0.141. The van der Waals surface area contributed by atoms with E-state index >= 15 is 0 Å². The summed E-state index contributed by atoms with van der Waals surface area (Å²) in [5.41, 5.74) is 0.496. The minimum absolute atomic E-state index is 0.114. The fourth-order valence-electron chi connectivity index (χ4n) is 3.80. The summed E-state index contributed by atoms with van der Waals surface area (Å²) in [4.78, 5) is 19.2. The van der Waals surface area contributed by atoms with Gasteiger partial charge in [-0.2, -0.15) is 0 Å². The van der Waals surface area contributed by atoms with Crippen molar-refractivity contribution in [3.63, 3.8) is 0 Å². The lowest BCUT2D eigenvalue weighted by Crippen LogP contribution is -2.54. The Balaban J connectivity index is 1.61. The molecule has 2 atom stereocenters. The molecule has 1 saturated heterocycles. The summed E-state index contributed by atoms with van der Waals surface area (Å²) in [7, 11) is 0. The molecule has 6 nitrogen and oxygen atoms in total. The van der Waals surface area contributed by atoms with Crippen LogP contribution in [-0.4, -0.2) is 32.5 Å². The summed E-state index contributed by atoms with van der Waals surface area (Å²) in [6, 6.07) is 0. The highest BCUT2D eigenvalue weighted by molar-refractivity contribution is 7.09. The standard InChI is InChI=1S/C15H18N4O2S/c1-9-17-18-14(21-9)15-5-3-11(15)4-6-19(15)13(20)7-12-8-22-10(2)16-12/h8,11H,3-7H2,1-2H3/t11-,15-/m0/s1. The van der Waals surface area contributed by atoms with E-state index in [9.17, 15) is 4.79 Å². The van der Waals surface area contributed by atoms with Gasteiger partial charge in [-0.3, -0.25) is 4.79 Å². The average molecular weight is 318 g/mol. The van der Waals surface area contributed by atoms with Crippen LogP contribution in [0.15, 0.2) is 9.80 Å². The minimum atomic E-state index is -0.358. The van der Waals surface area contributed by atoms with Crippen molar-refractivity contribution >= 4 is 17.2 Å². The number of hydrogen-bond donors (Lipinski definition) is 0. The third-order valence-electron chi connectivity index (χ3n) is 4.93. The molecular formula is C15H18N4O2S. The molecule has 1 aliphatic carbocycles. The molecule has 2 aromatic rings. The zero-order valence-corrected chi connectivity index (χ0v) is 13.5. The Kier molecular flexibility index (Phi) is 3.07. The Morgan fingerprint density at radius 2 is 2.32 bits per heavy atom. The quantitative estimate of drug-likeness (QED) is 0.867. The number of rotatable bonds is 3. The zero-order chi connectivity index (χ0) is 15.3. The van der Waals surface area contributed by atoms with Gasteiger partial charge in [0, 0.05) is 18.8 Å². The smallest absolute Gasteiger partial charge is 0.242 e. The second kappa shape index (κ2) is 4.87. The van der Waals surface area contributed by atoms with Crippen molar-refractivity contribution in [3.05, 3.63) is 27.9 Å². The summed E-state index contributed by atoms with van der Waals surface area (Å²) in [5.74, 6) is 1.74. The molecule has 0 unspecified atom stereocenters. The molecule has 22 heavy (non-hydrogen) atoms. The van der Waals surface area contributed by atoms with Crippen LogP contribution in [0.1, 0.15) is 41.7 Å². The van der Waals surface area contributed by atoms with E-state index in [4.69, 9.17) is 4.42 Å². The Labute approximate surface area is 132 Å². The van der Waals surface area contributed by atoms with Gasteiger partial charge in [-0.1, -0.05) is 0 Å². The van der Waals surface area contributed by atoms with Crippen molar-refractivity contribution in [2.75, 3.05) is 6.54 Å². The number of thiazole rings is 1. The Morgan fingerprint density at radius 3 is 2.91 bits per heavy atom. The second-order valence-corrected chi connectivity index (χ2v) is 7.22. The largest absolute Gasteiger partial charge is 0.423 e. The van der Waals surface area contributed by atoms with Crippen molar-refractivity contribution < 1.29 is 9.21 Å². The maximum absolute atomic E-state index is 12.8. The van der Waals surface area contributed by atoms with Gasteiger partial charge in [0.1, 0.15) is 5.54 Å². The van der Waals surface area contributed by atoms with Crippen molar-refractivity contribution in [1.82, 2.24) is 20.1 Å². The summed E-state index contributed by atoms with van der Waals surface area (Å²) < 4.78 is 5.70. The van der Waals surface area contributed by atoms with E-state index in [1.54, 1.807) is 18.3 Å². The molecule has 1 amide bonds. The van der Waals surface area contributed by atoms with Crippen LogP contribution in [0.5, 0.6) is 0 Å². The maximum atomic E-state index is 12.8. The highest BCUT2D eigenvalue weighted by Gasteiger charge is 2.60. The van der Waals surface area contributed by atoms with Crippen LogP contribution in [0.25, 0.3) is 0 Å². The molecule has 4 rings (SSSR count). The Morgan fingerprint density at radius 1 is 1.45 bits per heavy atom. The number of fused-ring (bicyclic) bond motifs is 1. The van der Waals surface area contributed by atoms with Gasteiger partial charge >= 0.3 is 0 Å². The van der Waals surface area contributed by atoms with Gasteiger partial charge in [-0.25, -0.2) is 4.98 Å². The lowest BCUT2D eigenvalue weighted by Gasteiger charge is -2.47. The van der Waals surface area contributed by atoms with Crippen molar-refractivity contribution in [1.29, 1.82) is 0 Å². The monoisotopic (exact) mass is 318 g/mol. The molecule has 116 valence electrons. The van der Waals surface area contributed by atoms with Gasteiger partial charge in [-0.15, -0.1) is 21.5 Å². The number of nitrogens with zero attached hydrogens (tertiary/aromatic N) is 4. The first-order chi connectivity index (χ1) is 10.6. The van der Waals surface area contributed by atoms with Gasteiger partial charge in [0.15, 0.2) is 0 Å². The Hall–Kier alpha value is -1.76. The van der Waals surface area contributed by atoms with E-state index in [0.717, 1.165) is 36.5 Å². The molecule has 0 bridgehead atoms. The number of aromatic nitrogens is 3. The van der Waals surface area contributed by atoms with Gasteiger partial charge in [0.2, 0.25) is 17.7 Å². The molecule has 1 aliphatic heterocycles. The van der Waals surface area contributed by atoms with Crippen LogP contribution in [0.4, 0.5) is 0 Å². The SMILES string of the molecule is Cc1nnc([C@]23CC[C@H]2CCN3C(=O)Cc2csc(C)n2)o1. The highest BCUT2D eigenvalue weighted by atomic mass is 32.1. The van der Waals surface area contributed by atoms with E-state index in [1.165, 1.54) is 0 Å². The van der Waals surface area contributed by atoms with Crippen LogP contribution < -0.4 is 0 Å². The first kappa shape index (κ1) is 13.9. The van der Waals surface area contributed by atoms with Gasteiger partial charge in [0.25, 0.3) is 0 Å². The van der Waals surface area contributed by atoms with Crippen LogP contribution in [0.2, 0.25) is 0 Å². The third-order valence-corrected chi connectivity index (χ3v) is 5.75. The number of carbonyl (C=O) groups excluding carboxylic acids is 1. The first-order valence-electron chi connectivity index (χ1n) is 7.61. The summed E-state index contributed by atoms with van der Waals surface area (Å²) in [5, 5.41) is 11.1. The van der Waals surface area contributed by atoms with E-state index < -0.39 is 0 Å².